The molecule has 0 saturated heterocycles. The summed E-state index contributed by atoms with van der Waals surface area (Å²) in [5.74, 6) is 6.42. The second kappa shape index (κ2) is 3.96. The first-order chi connectivity index (χ1) is 5.74. The van der Waals surface area contributed by atoms with E-state index in [2.05, 4.69) is 15.2 Å². The highest BCUT2D eigenvalue weighted by atomic mass is 32.2. The van der Waals surface area contributed by atoms with Gasteiger partial charge in [0.25, 0.3) is 0 Å². The molecule has 0 aromatic carbocycles. The zero-order valence-electron chi connectivity index (χ0n) is 6.64. The van der Waals surface area contributed by atoms with Crippen molar-refractivity contribution >= 4 is 16.9 Å². The van der Waals surface area contributed by atoms with Gasteiger partial charge in [-0.1, -0.05) is 11.8 Å². The minimum Gasteiger partial charge on any atom is -0.377 e. The summed E-state index contributed by atoms with van der Waals surface area (Å²) in [4.78, 5) is 4.00. The highest BCUT2D eigenvalue weighted by Gasteiger charge is 2.01. The number of nitrogens with zero attached hydrogens (tertiary/aromatic N) is 4. The summed E-state index contributed by atoms with van der Waals surface area (Å²) in [6, 6.07) is 0. The van der Waals surface area contributed by atoms with Crippen LogP contribution in [0.2, 0.25) is 0 Å². The van der Waals surface area contributed by atoms with Crippen LogP contribution in [0.3, 0.4) is 0 Å². The maximum Gasteiger partial charge on any atom is 0.177 e. The third-order valence-corrected chi connectivity index (χ3v) is 2.09. The van der Waals surface area contributed by atoms with Crippen molar-refractivity contribution in [2.45, 2.75) is 5.75 Å². The van der Waals surface area contributed by atoms with Crippen LogP contribution in [0.4, 0.5) is 0 Å². The van der Waals surface area contributed by atoms with Gasteiger partial charge in [0.15, 0.2) is 5.17 Å². The van der Waals surface area contributed by atoms with Gasteiger partial charge in [-0.3, -0.25) is 4.68 Å². The molecule has 0 amide bonds. The van der Waals surface area contributed by atoms with E-state index < -0.39 is 0 Å². The molecule has 1 aromatic heterocycles. The molecule has 0 aliphatic carbocycles. The molecule has 66 valence electrons. The Morgan fingerprint density at radius 2 is 2.58 bits per heavy atom. The lowest BCUT2D eigenvalue weighted by Crippen LogP contribution is -2.10. The molecule has 0 unspecified atom stereocenters. The molecule has 0 fully saturated rings. The molecule has 0 bridgehead atoms. The number of rotatable bonds is 2. The fourth-order valence-corrected chi connectivity index (χ4v) is 1.24. The van der Waals surface area contributed by atoms with Crippen LogP contribution in [0, 0.1) is 0 Å². The summed E-state index contributed by atoms with van der Waals surface area (Å²) in [6.07, 6.45) is 1.49. The van der Waals surface area contributed by atoms with Crippen LogP contribution in [0.5, 0.6) is 0 Å². The third kappa shape index (κ3) is 2.12. The molecule has 6 nitrogen and oxygen atoms in total. The Bertz CT molecular complexity index is 279. The van der Waals surface area contributed by atoms with Crippen LogP contribution in [0.25, 0.3) is 0 Å². The van der Waals surface area contributed by atoms with Crippen LogP contribution >= 0.6 is 11.8 Å². The first-order valence-electron chi connectivity index (χ1n) is 3.23. The maximum absolute atomic E-state index is 5.37. The van der Waals surface area contributed by atoms with Crippen molar-refractivity contribution in [1.82, 2.24) is 14.8 Å². The molecule has 1 rings (SSSR count). The number of amidine groups is 1. The Labute approximate surface area is 74.0 Å². The highest BCUT2D eigenvalue weighted by molar-refractivity contribution is 8.13. The van der Waals surface area contributed by atoms with Crippen LogP contribution in [-0.2, 0) is 12.8 Å². The predicted molar refractivity (Wildman–Crippen MR) is 48.1 cm³/mol. The van der Waals surface area contributed by atoms with Crippen molar-refractivity contribution in [2.24, 2.45) is 23.7 Å². The molecule has 0 radical (unpaired) electrons. The smallest absolute Gasteiger partial charge is 0.177 e. The van der Waals surface area contributed by atoms with Crippen molar-refractivity contribution in [1.29, 1.82) is 0 Å². The van der Waals surface area contributed by atoms with Gasteiger partial charge < -0.3 is 11.6 Å². The van der Waals surface area contributed by atoms with E-state index in [9.17, 15) is 0 Å². The van der Waals surface area contributed by atoms with Gasteiger partial charge in [0, 0.05) is 7.05 Å². The molecule has 7 heteroatoms. The summed E-state index contributed by atoms with van der Waals surface area (Å²) in [5, 5.41) is 7.56. The van der Waals surface area contributed by atoms with Crippen molar-refractivity contribution in [3.05, 3.63) is 12.2 Å². The van der Waals surface area contributed by atoms with Gasteiger partial charge in [-0.2, -0.15) is 10.2 Å². The van der Waals surface area contributed by atoms with E-state index in [1.807, 2.05) is 7.05 Å². The zero-order valence-corrected chi connectivity index (χ0v) is 7.45. The van der Waals surface area contributed by atoms with Gasteiger partial charge in [0.05, 0.1) is 5.75 Å². The Kier molecular flexibility index (Phi) is 2.92. The molecular formula is C5H10N6S. The van der Waals surface area contributed by atoms with Gasteiger partial charge in [0.1, 0.15) is 12.2 Å². The third-order valence-electron chi connectivity index (χ3n) is 1.28. The summed E-state index contributed by atoms with van der Waals surface area (Å²) >= 11 is 1.33. The first kappa shape index (κ1) is 8.85. The van der Waals surface area contributed by atoms with E-state index in [0.29, 0.717) is 10.9 Å². The van der Waals surface area contributed by atoms with Gasteiger partial charge in [-0.05, 0) is 0 Å². The normalized spacial score (nSPS) is 11.9. The van der Waals surface area contributed by atoms with Crippen molar-refractivity contribution in [3.8, 4) is 0 Å². The van der Waals surface area contributed by atoms with E-state index in [0.717, 1.165) is 5.82 Å². The lowest BCUT2D eigenvalue weighted by molar-refractivity contribution is 0.730. The maximum atomic E-state index is 5.37. The average Bonchev–Trinajstić information content (AvgIpc) is 2.47. The molecule has 4 N–H and O–H groups in total. The second-order valence-corrected chi connectivity index (χ2v) is 3.05. The van der Waals surface area contributed by atoms with Crippen LogP contribution in [0.15, 0.2) is 11.4 Å². The summed E-state index contributed by atoms with van der Waals surface area (Å²) in [5.41, 5.74) is 5.37. The number of hydrogen-bond acceptors (Lipinski definition) is 5. The summed E-state index contributed by atoms with van der Waals surface area (Å²) in [7, 11) is 1.82. The number of hydrazone groups is 1. The van der Waals surface area contributed by atoms with Crippen LogP contribution in [0.1, 0.15) is 5.82 Å². The Balaban J connectivity index is 2.49. The fourth-order valence-electron chi connectivity index (χ4n) is 0.627. The summed E-state index contributed by atoms with van der Waals surface area (Å²) < 4.78 is 1.68. The predicted octanol–water partition coefficient (Wildman–Crippen LogP) is -0.763. The van der Waals surface area contributed by atoms with E-state index >= 15 is 0 Å². The van der Waals surface area contributed by atoms with E-state index in [1.54, 1.807) is 4.68 Å². The SMILES string of the molecule is Cn1ncnc1CSC(N)=NN. The number of hydrogen-bond donors (Lipinski definition) is 2. The quantitative estimate of drug-likeness (QED) is 0.274. The second-order valence-electron chi connectivity index (χ2n) is 2.06. The number of aromatic nitrogens is 3. The number of aryl methyl sites for hydroxylation is 1. The monoisotopic (exact) mass is 186 g/mol. The highest BCUT2D eigenvalue weighted by Crippen LogP contribution is 2.07. The fraction of sp³-hybridized carbons (Fsp3) is 0.400. The molecule has 0 atom stereocenters. The number of nitrogens with two attached hydrogens (primary N) is 2. The van der Waals surface area contributed by atoms with E-state index in [1.165, 1.54) is 18.1 Å². The van der Waals surface area contributed by atoms with Gasteiger partial charge in [0.2, 0.25) is 0 Å². The molecule has 0 saturated carbocycles. The zero-order chi connectivity index (χ0) is 8.97. The lowest BCUT2D eigenvalue weighted by Gasteiger charge is -1.98. The first-order valence-corrected chi connectivity index (χ1v) is 4.21. The van der Waals surface area contributed by atoms with Crippen molar-refractivity contribution in [3.63, 3.8) is 0 Å². The molecule has 12 heavy (non-hydrogen) atoms. The minimum atomic E-state index is 0.345. The lowest BCUT2D eigenvalue weighted by atomic mass is 10.7. The average molecular weight is 186 g/mol. The Morgan fingerprint density at radius 3 is 3.08 bits per heavy atom. The van der Waals surface area contributed by atoms with Gasteiger partial charge >= 0.3 is 0 Å². The standard InChI is InChI=1S/C5H10N6S/c1-11-4(8-3-9-11)2-12-5(6)10-7/h3H,2,7H2,1H3,(H2,6,10). The van der Waals surface area contributed by atoms with Crippen molar-refractivity contribution in [2.75, 3.05) is 0 Å². The van der Waals surface area contributed by atoms with E-state index in [4.69, 9.17) is 11.6 Å². The largest absolute Gasteiger partial charge is 0.377 e. The molecule has 0 spiro atoms. The molecule has 1 aromatic rings. The molecular weight excluding hydrogens is 176 g/mol. The topological polar surface area (TPSA) is 95.1 Å². The van der Waals surface area contributed by atoms with Gasteiger partial charge in [-0.25, -0.2) is 4.98 Å². The Hall–Kier alpha value is -1.24. The molecule has 1 heterocycles. The molecule has 0 aliphatic heterocycles. The summed E-state index contributed by atoms with van der Waals surface area (Å²) in [6.45, 7) is 0. The van der Waals surface area contributed by atoms with Gasteiger partial charge in [-0.15, -0.1) is 0 Å². The number of thioether (sulfide) groups is 1. The van der Waals surface area contributed by atoms with Crippen LogP contribution in [-0.4, -0.2) is 19.9 Å². The minimum absolute atomic E-state index is 0.345. The van der Waals surface area contributed by atoms with Crippen LogP contribution < -0.4 is 11.6 Å². The van der Waals surface area contributed by atoms with E-state index in [-0.39, 0.29) is 0 Å². The Morgan fingerprint density at radius 1 is 1.83 bits per heavy atom. The van der Waals surface area contributed by atoms with Crippen molar-refractivity contribution < 1.29 is 0 Å². The molecule has 0 aliphatic rings.